The molecule has 0 spiro atoms. The first kappa shape index (κ1) is 12.5. The van der Waals surface area contributed by atoms with Gasteiger partial charge in [0, 0.05) is 6.54 Å². The lowest BCUT2D eigenvalue weighted by Gasteiger charge is -2.04. The van der Waals surface area contributed by atoms with Gasteiger partial charge < -0.3 is 5.32 Å². The topological polar surface area (TPSA) is 135 Å². The number of H-pyrrole nitrogens is 1. The first-order valence-electron chi connectivity index (χ1n) is 5.14. The van der Waals surface area contributed by atoms with E-state index < -0.39 is 15.7 Å². The fraction of sp³-hybridized carbons (Fsp3) is 0.375. The van der Waals surface area contributed by atoms with E-state index in [1.165, 1.54) is 0 Å². The Hall–Kier alpha value is -1.94. The zero-order valence-electron chi connectivity index (χ0n) is 9.33. The molecule has 0 saturated carbocycles. The van der Waals surface area contributed by atoms with Crippen LogP contribution in [-0.2, 0) is 10.0 Å². The van der Waals surface area contributed by atoms with E-state index in [2.05, 4.69) is 20.6 Å². The third-order valence-corrected chi connectivity index (χ3v) is 3.04. The molecule has 0 saturated heterocycles. The molecule has 0 aliphatic carbocycles. The predicted octanol–water partition coefficient (Wildman–Crippen LogP) is -1.49. The monoisotopic (exact) mass is 272 g/mol. The number of rotatable bonds is 5. The highest BCUT2D eigenvalue weighted by atomic mass is 32.2. The van der Waals surface area contributed by atoms with Gasteiger partial charge in [0.1, 0.15) is 5.82 Å². The highest BCUT2D eigenvalue weighted by molar-refractivity contribution is 7.89. The van der Waals surface area contributed by atoms with Gasteiger partial charge in [-0.05, 0) is 18.6 Å². The van der Waals surface area contributed by atoms with Crippen molar-refractivity contribution in [3.63, 3.8) is 0 Å². The summed E-state index contributed by atoms with van der Waals surface area (Å²) >= 11 is 0. The summed E-state index contributed by atoms with van der Waals surface area (Å²) in [7, 11) is -3.44. The van der Waals surface area contributed by atoms with Crippen LogP contribution in [0.25, 0.3) is 5.65 Å². The van der Waals surface area contributed by atoms with Crippen LogP contribution in [-0.4, -0.2) is 40.5 Å². The Morgan fingerprint density at radius 1 is 1.44 bits per heavy atom. The summed E-state index contributed by atoms with van der Waals surface area (Å²) < 4.78 is 22.5. The summed E-state index contributed by atoms with van der Waals surface area (Å²) in [5.41, 5.74) is -0.0201. The molecule has 0 radical (unpaired) electrons. The van der Waals surface area contributed by atoms with Gasteiger partial charge >= 0.3 is 5.69 Å². The van der Waals surface area contributed by atoms with Crippen molar-refractivity contribution in [1.82, 2.24) is 19.8 Å². The number of nitrogens with zero attached hydrogens (tertiary/aromatic N) is 3. The van der Waals surface area contributed by atoms with Crippen LogP contribution in [0.2, 0.25) is 0 Å². The molecular formula is C8H12N6O3S. The Balaban J connectivity index is 2.00. The molecule has 0 amide bonds. The highest BCUT2D eigenvalue weighted by Gasteiger charge is 2.04. The number of fused-ring (bicyclic) bond motifs is 1. The van der Waals surface area contributed by atoms with Crippen LogP contribution in [0.15, 0.2) is 16.9 Å². The zero-order valence-corrected chi connectivity index (χ0v) is 10.1. The molecule has 2 aromatic heterocycles. The maximum atomic E-state index is 11.3. The molecule has 2 rings (SSSR count). The number of aromatic nitrogens is 4. The van der Waals surface area contributed by atoms with Crippen molar-refractivity contribution >= 4 is 21.5 Å². The van der Waals surface area contributed by atoms with Crippen LogP contribution in [0.3, 0.4) is 0 Å². The van der Waals surface area contributed by atoms with Crippen molar-refractivity contribution in [2.24, 2.45) is 5.14 Å². The number of nitrogens with two attached hydrogens (primary N) is 1. The van der Waals surface area contributed by atoms with Crippen LogP contribution >= 0.6 is 0 Å². The van der Waals surface area contributed by atoms with E-state index in [9.17, 15) is 13.2 Å². The smallest absolute Gasteiger partial charge is 0.364 e. The van der Waals surface area contributed by atoms with Crippen molar-refractivity contribution in [1.29, 1.82) is 0 Å². The molecule has 0 bridgehead atoms. The standard InChI is InChI=1S/C8H12N6O3S/c9-18(16,17)5-1-4-10-6-2-3-7-11-12-8(15)14(7)13-6/h2-3H,1,4-5H2,(H,10,13)(H,12,15)(H2,9,16,17). The summed E-state index contributed by atoms with van der Waals surface area (Å²) in [4.78, 5) is 11.3. The Bertz CT molecular complexity index is 703. The van der Waals surface area contributed by atoms with Gasteiger partial charge in [0.15, 0.2) is 5.65 Å². The largest absolute Gasteiger partial charge is 0.369 e. The van der Waals surface area contributed by atoms with E-state index in [1.54, 1.807) is 12.1 Å². The van der Waals surface area contributed by atoms with Gasteiger partial charge in [-0.3, -0.25) is 0 Å². The number of anilines is 1. The number of sulfonamides is 1. The molecule has 2 heterocycles. The summed E-state index contributed by atoms with van der Waals surface area (Å²) in [6, 6.07) is 3.26. The van der Waals surface area contributed by atoms with Gasteiger partial charge in [0.2, 0.25) is 10.0 Å². The SMILES string of the molecule is NS(=O)(=O)CCCNc1ccc2n[nH]c(=O)n2n1. The van der Waals surface area contributed by atoms with Crippen molar-refractivity contribution in [3.05, 3.63) is 22.6 Å². The number of hydrogen-bond acceptors (Lipinski definition) is 6. The van der Waals surface area contributed by atoms with Crippen LogP contribution in [0.1, 0.15) is 6.42 Å². The molecule has 2 aromatic rings. The second-order valence-electron chi connectivity index (χ2n) is 3.66. The Morgan fingerprint density at radius 2 is 2.22 bits per heavy atom. The molecule has 10 heteroatoms. The van der Waals surface area contributed by atoms with E-state index in [0.717, 1.165) is 4.52 Å². The number of nitrogens with one attached hydrogen (secondary N) is 2. The zero-order chi connectivity index (χ0) is 13.2. The van der Waals surface area contributed by atoms with Gasteiger partial charge in [0.25, 0.3) is 0 Å². The average molecular weight is 272 g/mol. The quantitative estimate of drug-likeness (QED) is 0.567. The van der Waals surface area contributed by atoms with E-state index in [0.29, 0.717) is 24.4 Å². The van der Waals surface area contributed by atoms with Crippen molar-refractivity contribution in [2.45, 2.75) is 6.42 Å². The minimum Gasteiger partial charge on any atom is -0.369 e. The third kappa shape index (κ3) is 3.05. The summed E-state index contributed by atoms with van der Waals surface area (Å²) in [6.07, 6.45) is 0.360. The van der Waals surface area contributed by atoms with Crippen molar-refractivity contribution in [2.75, 3.05) is 17.6 Å². The molecule has 0 aromatic carbocycles. The van der Waals surface area contributed by atoms with Crippen LogP contribution in [0.5, 0.6) is 0 Å². The van der Waals surface area contributed by atoms with Gasteiger partial charge in [-0.2, -0.15) is 9.61 Å². The minimum absolute atomic E-state index is 0.103. The van der Waals surface area contributed by atoms with Crippen molar-refractivity contribution in [3.8, 4) is 0 Å². The third-order valence-electron chi connectivity index (χ3n) is 2.19. The molecule has 4 N–H and O–H groups in total. The fourth-order valence-electron chi connectivity index (χ4n) is 1.39. The average Bonchev–Trinajstić information content (AvgIpc) is 2.65. The van der Waals surface area contributed by atoms with E-state index in [-0.39, 0.29) is 5.75 Å². The molecule has 0 unspecified atom stereocenters. The van der Waals surface area contributed by atoms with Crippen LogP contribution < -0.4 is 16.1 Å². The van der Waals surface area contributed by atoms with Crippen LogP contribution in [0, 0.1) is 0 Å². The predicted molar refractivity (Wildman–Crippen MR) is 64.7 cm³/mol. The fourth-order valence-corrected chi connectivity index (χ4v) is 1.93. The minimum atomic E-state index is -3.44. The van der Waals surface area contributed by atoms with Crippen LogP contribution in [0.4, 0.5) is 5.82 Å². The number of hydrogen-bond donors (Lipinski definition) is 3. The molecule has 0 aliphatic rings. The van der Waals surface area contributed by atoms with E-state index in [1.807, 2.05) is 0 Å². The first-order valence-corrected chi connectivity index (χ1v) is 6.86. The lowest BCUT2D eigenvalue weighted by atomic mass is 10.4. The molecule has 0 atom stereocenters. The Labute approximate surface area is 102 Å². The van der Waals surface area contributed by atoms with Gasteiger partial charge in [-0.1, -0.05) is 0 Å². The normalized spacial score (nSPS) is 11.8. The van der Waals surface area contributed by atoms with Crippen molar-refractivity contribution < 1.29 is 8.42 Å². The second-order valence-corrected chi connectivity index (χ2v) is 5.40. The Kier molecular flexibility index (Phi) is 3.30. The van der Waals surface area contributed by atoms with E-state index in [4.69, 9.17) is 5.14 Å². The summed E-state index contributed by atoms with van der Waals surface area (Å²) in [5, 5.41) is 17.7. The molecule has 98 valence electrons. The summed E-state index contributed by atoms with van der Waals surface area (Å²) in [5.74, 6) is 0.355. The molecule has 18 heavy (non-hydrogen) atoms. The number of primary sulfonamides is 1. The molecule has 9 nitrogen and oxygen atoms in total. The number of aromatic amines is 1. The first-order chi connectivity index (χ1) is 8.46. The van der Waals surface area contributed by atoms with Gasteiger partial charge in [-0.25, -0.2) is 23.4 Å². The van der Waals surface area contributed by atoms with Gasteiger partial charge in [-0.15, -0.1) is 5.10 Å². The maximum Gasteiger partial charge on any atom is 0.364 e. The lowest BCUT2D eigenvalue weighted by molar-refractivity contribution is 0.595. The molecular weight excluding hydrogens is 260 g/mol. The highest BCUT2D eigenvalue weighted by Crippen LogP contribution is 2.02. The maximum absolute atomic E-state index is 11.3. The molecule has 0 fully saturated rings. The second kappa shape index (κ2) is 4.74. The van der Waals surface area contributed by atoms with Gasteiger partial charge in [0.05, 0.1) is 5.75 Å². The lowest BCUT2D eigenvalue weighted by Crippen LogP contribution is -2.19. The molecule has 0 aliphatic heterocycles. The summed E-state index contributed by atoms with van der Waals surface area (Å²) in [6.45, 7) is 0.390. The Morgan fingerprint density at radius 3 is 2.94 bits per heavy atom. The van der Waals surface area contributed by atoms with E-state index >= 15 is 0 Å².